The molecule has 1 amide bonds. The van der Waals surface area contributed by atoms with E-state index in [9.17, 15) is 9.90 Å². The molecule has 1 aromatic rings. The van der Waals surface area contributed by atoms with Crippen LogP contribution in [0.2, 0.25) is 5.02 Å². The first kappa shape index (κ1) is 15.8. The summed E-state index contributed by atoms with van der Waals surface area (Å²) in [5.74, 6) is 5.70. The normalized spacial score (nSPS) is 19.0. The number of hydrogen-bond donors (Lipinski definition) is 2. The molecule has 4 nitrogen and oxygen atoms in total. The molecule has 5 heteroatoms. The lowest BCUT2D eigenvalue weighted by Gasteiger charge is -2.18. The highest BCUT2D eigenvalue weighted by molar-refractivity contribution is 6.32. The zero-order valence-electron chi connectivity index (χ0n) is 12.0. The van der Waals surface area contributed by atoms with Gasteiger partial charge in [-0.3, -0.25) is 4.79 Å². The van der Waals surface area contributed by atoms with E-state index in [4.69, 9.17) is 17.3 Å². The molecule has 0 aliphatic carbocycles. The van der Waals surface area contributed by atoms with Crippen molar-refractivity contribution in [2.45, 2.75) is 19.4 Å². The first-order chi connectivity index (χ1) is 10.0. The fraction of sp³-hybridized carbons (Fsp3) is 0.438. The second-order valence-corrected chi connectivity index (χ2v) is 5.65. The van der Waals surface area contributed by atoms with Crippen molar-refractivity contribution in [3.63, 3.8) is 0 Å². The molecule has 112 valence electrons. The van der Waals surface area contributed by atoms with Crippen molar-refractivity contribution in [3.8, 4) is 11.8 Å². The van der Waals surface area contributed by atoms with Gasteiger partial charge in [0.25, 0.3) is 5.91 Å². The van der Waals surface area contributed by atoms with Crippen LogP contribution in [0.15, 0.2) is 18.2 Å². The molecule has 2 unspecified atom stereocenters. The minimum atomic E-state index is -0.389. The summed E-state index contributed by atoms with van der Waals surface area (Å²) in [6, 6.07) is 5.10. The van der Waals surface area contributed by atoms with E-state index in [0.29, 0.717) is 29.2 Å². The van der Waals surface area contributed by atoms with E-state index in [1.165, 1.54) is 0 Å². The molecule has 3 N–H and O–H groups in total. The van der Waals surface area contributed by atoms with Gasteiger partial charge in [-0.25, -0.2) is 0 Å². The van der Waals surface area contributed by atoms with Gasteiger partial charge >= 0.3 is 0 Å². The fourth-order valence-electron chi connectivity index (χ4n) is 2.44. The zero-order chi connectivity index (χ0) is 15.4. The SMILES string of the molecule is CC(O)C1CCN(C(=O)c2ccc(C#CCN)c(Cl)c2)C1. The predicted molar refractivity (Wildman–Crippen MR) is 83.1 cm³/mol. The molecular weight excluding hydrogens is 288 g/mol. The van der Waals surface area contributed by atoms with Gasteiger partial charge in [-0.05, 0) is 31.5 Å². The van der Waals surface area contributed by atoms with Crippen LogP contribution in [0.1, 0.15) is 29.3 Å². The third-order valence-corrected chi connectivity index (χ3v) is 4.05. The third-order valence-electron chi connectivity index (χ3n) is 3.74. The maximum atomic E-state index is 12.4. The Bertz CT molecular complexity index is 590. The van der Waals surface area contributed by atoms with Crippen molar-refractivity contribution < 1.29 is 9.90 Å². The largest absolute Gasteiger partial charge is 0.393 e. The van der Waals surface area contributed by atoms with Gasteiger partial charge in [-0.15, -0.1) is 0 Å². The Morgan fingerprint density at radius 3 is 2.95 bits per heavy atom. The van der Waals surface area contributed by atoms with Crippen LogP contribution in [0.25, 0.3) is 0 Å². The first-order valence-corrected chi connectivity index (χ1v) is 7.36. The monoisotopic (exact) mass is 306 g/mol. The Morgan fingerprint density at radius 1 is 1.62 bits per heavy atom. The summed E-state index contributed by atoms with van der Waals surface area (Å²) in [6.45, 7) is 3.29. The summed E-state index contributed by atoms with van der Waals surface area (Å²) >= 11 is 6.14. The number of hydrogen-bond acceptors (Lipinski definition) is 3. The second kappa shape index (κ2) is 6.95. The number of aliphatic hydroxyl groups excluding tert-OH is 1. The number of likely N-dealkylation sites (tertiary alicyclic amines) is 1. The Balaban J connectivity index is 2.12. The number of halogens is 1. The molecule has 1 aliphatic heterocycles. The average Bonchev–Trinajstić information content (AvgIpc) is 2.95. The predicted octanol–water partition coefficient (Wildman–Crippen LogP) is 1.49. The van der Waals surface area contributed by atoms with Crippen LogP contribution in [0, 0.1) is 17.8 Å². The molecule has 1 heterocycles. The van der Waals surface area contributed by atoms with E-state index in [1.54, 1.807) is 30.0 Å². The molecule has 0 saturated carbocycles. The number of amides is 1. The highest BCUT2D eigenvalue weighted by atomic mass is 35.5. The summed E-state index contributed by atoms with van der Waals surface area (Å²) < 4.78 is 0. The van der Waals surface area contributed by atoms with Crippen LogP contribution >= 0.6 is 11.6 Å². The maximum absolute atomic E-state index is 12.4. The number of nitrogens with two attached hydrogens (primary N) is 1. The number of aliphatic hydroxyl groups is 1. The van der Waals surface area contributed by atoms with E-state index in [2.05, 4.69) is 11.8 Å². The van der Waals surface area contributed by atoms with Crippen LogP contribution in [0.3, 0.4) is 0 Å². The lowest BCUT2D eigenvalue weighted by atomic mass is 10.0. The van der Waals surface area contributed by atoms with E-state index < -0.39 is 0 Å². The highest BCUT2D eigenvalue weighted by Crippen LogP contribution is 2.23. The molecule has 0 spiro atoms. The van der Waals surface area contributed by atoms with Gasteiger partial charge in [-0.2, -0.15) is 0 Å². The number of benzene rings is 1. The topological polar surface area (TPSA) is 66.6 Å². The number of nitrogens with zero attached hydrogens (tertiary/aromatic N) is 1. The third kappa shape index (κ3) is 3.76. The lowest BCUT2D eigenvalue weighted by Crippen LogP contribution is -2.30. The molecule has 1 fully saturated rings. The van der Waals surface area contributed by atoms with Gasteiger partial charge in [0.15, 0.2) is 0 Å². The molecular formula is C16H19ClN2O2. The molecule has 0 bridgehead atoms. The minimum absolute atomic E-state index is 0.0571. The Morgan fingerprint density at radius 2 is 2.38 bits per heavy atom. The summed E-state index contributed by atoms with van der Waals surface area (Å²) in [7, 11) is 0. The number of carbonyl (C=O) groups is 1. The molecule has 1 aromatic carbocycles. The fourth-order valence-corrected chi connectivity index (χ4v) is 2.67. The molecule has 1 saturated heterocycles. The van der Waals surface area contributed by atoms with Crippen molar-refractivity contribution in [2.24, 2.45) is 11.7 Å². The molecule has 21 heavy (non-hydrogen) atoms. The number of rotatable bonds is 2. The van der Waals surface area contributed by atoms with Crippen molar-refractivity contribution in [2.75, 3.05) is 19.6 Å². The van der Waals surface area contributed by atoms with E-state index in [-0.39, 0.29) is 24.5 Å². The molecule has 1 aliphatic rings. The van der Waals surface area contributed by atoms with Crippen LogP contribution in [0.4, 0.5) is 0 Å². The van der Waals surface area contributed by atoms with Gasteiger partial charge in [0.05, 0.1) is 17.7 Å². The Labute approximate surface area is 129 Å². The minimum Gasteiger partial charge on any atom is -0.393 e. The van der Waals surface area contributed by atoms with Crippen molar-refractivity contribution in [1.29, 1.82) is 0 Å². The summed E-state index contributed by atoms with van der Waals surface area (Å²) in [4.78, 5) is 14.2. The summed E-state index contributed by atoms with van der Waals surface area (Å²) in [6.07, 6.45) is 0.442. The molecule has 0 aromatic heterocycles. The van der Waals surface area contributed by atoms with Gasteiger partial charge in [-0.1, -0.05) is 23.4 Å². The van der Waals surface area contributed by atoms with E-state index >= 15 is 0 Å². The van der Waals surface area contributed by atoms with Gasteiger partial charge in [0.1, 0.15) is 0 Å². The quantitative estimate of drug-likeness (QED) is 0.814. The van der Waals surface area contributed by atoms with Gasteiger partial charge in [0, 0.05) is 30.1 Å². The Hall–Kier alpha value is -1.54. The molecule has 2 rings (SSSR count). The highest BCUT2D eigenvalue weighted by Gasteiger charge is 2.29. The molecule has 2 atom stereocenters. The van der Waals surface area contributed by atoms with Gasteiger partial charge < -0.3 is 15.7 Å². The smallest absolute Gasteiger partial charge is 0.253 e. The van der Waals surface area contributed by atoms with Crippen molar-refractivity contribution in [1.82, 2.24) is 4.90 Å². The standard InChI is InChI=1S/C16H19ClN2O2/c1-11(20)14-6-8-19(10-14)16(21)13-5-4-12(3-2-7-18)15(17)9-13/h4-5,9,11,14,20H,6-8,10,18H2,1H3. The lowest BCUT2D eigenvalue weighted by molar-refractivity contribution is 0.0762. The Kier molecular flexibility index (Phi) is 5.24. The van der Waals surface area contributed by atoms with Crippen molar-refractivity contribution in [3.05, 3.63) is 34.3 Å². The van der Waals surface area contributed by atoms with Crippen LogP contribution in [0.5, 0.6) is 0 Å². The second-order valence-electron chi connectivity index (χ2n) is 5.24. The summed E-state index contributed by atoms with van der Waals surface area (Å²) in [5, 5.41) is 10.1. The summed E-state index contributed by atoms with van der Waals surface area (Å²) in [5.41, 5.74) is 6.54. The number of carbonyl (C=O) groups excluding carboxylic acids is 1. The average molecular weight is 307 g/mol. The van der Waals surface area contributed by atoms with E-state index in [1.807, 2.05) is 0 Å². The maximum Gasteiger partial charge on any atom is 0.253 e. The zero-order valence-corrected chi connectivity index (χ0v) is 12.7. The van der Waals surface area contributed by atoms with Crippen LogP contribution in [-0.4, -0.2) is 41.7 Å². The van der Waals surface area contributed by atoms with E-state index in [0.717, 1.165) is 6.42 Å². The van der Waals surface area contributed by atoms with Gasteiger partial charge in [0.2, 0.25) is 0 Å². The van der Waals surface area contributed by atoms with Crippen LogP contribution < -0.4 is 5.73 Å². The first-order valence-electron chi connectivity index (χ1n) is 6.98. The molecule has 0 radical (unpaired) electrons. The van der Waals surface area contributed by atoms with Crippen molar-refractivity contribution >= 4 is 17.5 Å². The van der Waals surface area contributed by atoms with Crippen LogP contribution in [-0.2, 0) is 0 Å².